The predicted octanol–water partition coefficient (Wildman–Crippen LogP) is 5.01. The molecule has 0 unspecified atom stereocenters. The van der Waals surface area contributed by atoms with Gasteiger partial charge in [-0.3, -0.25) is 9.48 Å². The zero-order valence-electron chi connectivity index (χ0n) is 26.0. The van der Waals surface area contributed by atoms with Gasteiger partial charge in [0.15, 0.2) is 17.4 Å². The first-order valence-corrected chi connectivity index (χ1v) is 14.3. The largest absolute Gasteiger partial charge is 0.491 e. The number of benzene rings is 2. The number of anilines is 2. The van der Waals surface area contributed by atoms with Crippen molar-refractivity contribution in [2.45, 2.75) is 25.7 Å². The number of carbonyl (C=O) groups excluding carboxylic acids is 1. The van der Waals surface area contributed by atoms with Gasteiger partial charge in [0.05, 0.1) is 25.4 Å². The van der Waals surface area contributed by atoms with Gasteiger partial charge >= 0.3 is 18.1 Å². The smallest absolute Gasteiger partial charge is 0.490 e. The molecule has 13 nitrogen and oxygen atoms in total. The number of rotatable bonds is 11. The minimum atomic E-state index is -5.08. The van der Waals surface area contributed by atoms with Gasteiger partial charge < -0.3 is 30.4 Å². The van der Waals surface area contributed by atoms with Crippen molar-refractivity contribution in [2.75, 3.05) is 25.6 Å². The summed E-state index contributed by atoms with van der Waals surface area (Å²) >= 11 is 0. The molecule has 0 bridgehead atoms. The van der Waals surface area contributed by atoms with Crippen LogP contribution in [0.25, 0.3) is 22.4 Å². The van der Waals surface area contributed by atoms with Crippen LogP contribution in [-0.4, -0.2) is 74.3 Å². The number of carboxylic acid groups (broad SMARTS) is 1. The van der Waals surface area contributed by atoms with Gasteiger partial charge in [0.1, 0.15) is 42.3 Å². The average Bonchev–Trinajstić information content (AvgIpc) is 3.43. The van der Waals surface area contributed by atoms with Crippen molar-refractivity contribution in [3.63, 3.8) is 0 Å². The van der Waals surface area contributed by atoms with E-state index in [4.69, 9.17) is 29.8 Å². The van der Waals surface area contributed by atoms with Crippen LogP contribution in [0.1, 0.15) is 12.5 Å². The number of esters is 1. The van der Waals surface area contributed by atoms with Gasteiger partial charge in [0, 0.05) is 41.0 Å². The first kappa shape index (κ1) is 36.8. The lowest BCUT2D eigenvalue weighted by molar-refractivity contribution is -0.192. The highest BCUT2D eigenvalue weighted by atomic mass is 19.4. The van der Waals surface area contributed by atoms with E-state index in [1.807, 2.05) is 0 Å². The molecular weight excluding hydrogens is 680 g/mol. The maximum Gasteiger partial charge on any atom is 0.490 e. The molecule has 0 spiro atoms. The van der Waals surface area contributed by atoms with E-state index in [0.29, 0.717) is 28.0 Å². The number of alkyl halides is 3. The fourth-order valence-corrected chi connectivity index (χ4v) is 4.15. The number of aliphatic carboxylic acids is 1. The number of fused-ring (bicyclic) bond motifs is 1. The third-order valence-corrected chi connectivity index (χ3v) is 6.47. The first-order valence-electron chi connectivity index (χ1n) is 14.3. The molecule has 50 heavy (non-hydrogen) atoms. The standard InChI is InChI=1S/C29H26F3N7O4.C2HF3O2/c1-16(33)29(40)43-10-9-42-18-12-21(30)20(22(31)13-18)15-39-23-6-4-3-5-19(23)26(38-39)28-35-14-24(41-2)27(37-28)36-17-7-8-34-25(32)11-17;3-2(4,5)1(6)7/h3-8,11-14,16H,9-10,15,33H2,1-2H3,(H,34,35,36,37);(H,6,7)/t16-;/m0./s1. The number of nitrogens with two attached hydrogens (primary N) is 1. The topological polar surface area (TPSA) is 177 Å². The first-order chi connectivity index (χ1) is 23.7. The monoisotopic (exact) mass is 707 g/mol. The quantitative estimate of drug-likeness (QED) is 0.0725. The summed E-state index contributed by atoms with van der Waals surface area (Å²) in [6, 6.07) is 11.2. The molecule has 0 aliphatic heterocycles. The molecule has 0 radical (unpaired) electrons. The molecule has 2 aromatic carbocycles. The van der Waals surface area contributed by atoms with Gasteiger partial charge in [-0.1, -0.05) is 18.2 Å². The summed E-state index contributed by atoms with van der Waals surface area (Å²) in [4.78, 5) is 32.8. The molecule has 0 aliphatic rings. The number of halogens is 6. The number of nitrogens with one attached hydrogen (secondary N) is 1. The van der Waals surface area contributed by atoms with Crippen molar-refractivity contribution in [3.05, 3.63) is 84.1 Å². The Labute approximate surface area is 278 Å². The van der Waals surface area contributed by atoms with Crippen molar-refractivity contribution in [3.8, 4) is 23.0 Å². The van der Waals surface area contributed by atoms with Gasteiger partial charge in [-0.15, -0.1) is 0 Å². The summed E-state index contributed by atoms with van der Waals surface area (Å²) in [6.07, 6.45) is -2.34. The van der Waals surface area contributed by atoms with E-state index in [1.165, 1.54) is 37.2 Å². The lowest BCUT2D eigenvalue weighted by Crippen LogP contribution is -2.29. The molecule has 3 heterocycles. The maximum atomic E-state index is 15.1. The molecule has 3 aromatic heterocycles. The average molecular weight is 708 g/mol. The van der Waals surface area contributed by atoms with Crippen molar-refractivity contribution in [1.82, 2.24) is 24.7 Å². The Balaban J connectivity index is 0.000000727. The number of carboxylic acids is 1. The fraction of sp³-hybridized carbons (Fsp3) is 0.226. The number of hydrogen-bond donors (Lipinski definition) is 3. The number of para-hydroxylation sites is 1. The summed E-state index contributed by atoms with van der Waals surface area (Å²) in [5, 5.41) is 15.3. The highest BCUT2D eigenvalue weighted by Gasteiger charge is 2.38. The van der Waals surface area contributed by atoms with E-state index < -0.39 is 41.7 Å². The van der Waals surface area contributed by atoms with Gasteiger partial charge in [-0.05, 0) is 19.1 Å². The van der Waals surface area contributed by atoms with E-state index in [1.54, 1.807) is 30.3 Å². The minimum Gasteiger partial charge on any atom is -0.491 e. The second-order valence-corrected chi connectivity index (χ2v) is 10.1. The molecule has 4 N–H and O–H groups in total. The Morgan fingerprint density at radius 1 is 1.04 bits per heavy atom. The molecule has 264 valence electrons. The van der Waals surface area contributed by atoms with Crippen molar-refractivity contribution in [1.29, 1.82) is 0 Å². The highest BCUT2D eigenvalue weighted by molar-refractivity contribution is 5.92. The molecule has 1 atom stereocenters. The van der Waals surface area contributed by atoms with Crippen LogP contribution in [0.4, 0.5) is 37.8 Å². The van der Waals surface area contributed by atoms with Crippen molar-refractivity contribution < 1.29 is 55.2 Å². The van der Waals surface area contributed by atoms with Crippen LogP contribution in [0.2, 0.25) is 0 Å². The summed E-state index contributed by atoms with van der Waals surface area (Å²) in [5.74, 6) is -5.07. The summed E-state index contributed by atoms with van der Waals surface area (Å²) in [6.45, 7) is 0.989. The van der Waals surface area contributed by atoms with Crippen LogP contribution in [0, 0.1) is 17.6 Å². The van der Waals surface area contributed by atoms with E-state index in [2.05, 4.69) is 25.4 Å². The summed E-state index contributed by atoms with van der Waals surface area (Å²) in [7, 11) is 1.44. The number of pyridine rings is 1. The maximum absolute atomic E-state index is 15.1. The van der Waals surface area contributed by atoms with Crippen LogP contribution in [-0.2, 0) is 20.9 Å². The SMILES string of the molecule is COc1cnc(-c2nn(Cc3c(F)cc(OCCOC(=O)[C@H](C)N)cc3F)c3ccccc23)nc1Nc1ccnc(F)c1.O=C(O)C(F)(F)F. The fourth-order valence-electron chi connectivity index (χ4n) is 4.15. The Morgan fingerprint density at radius 2 is 1.72 bits per heavy atom. The number of hydrogen-bond acceptors (Lipinski definition) is 11. The van der Waals surface area contributed by atoms with Gasteiger partial charge in [0.25, 0.3) is 0 Å². The molecule has 5 rings (SSSR count). The number of ether oxygens (including phenoxy) is 3. The second-order valence-electron chi connectivity index (χ2n) is 10.1. The van der Waals surface area contributed by atoms with E-state index >= 15 is 8.78 Å². The lowest BCUT2D eigenvalue weighted by Gasteiger charge is -2.12. The lowest BCUT2D eigenvalue weighted by atomic mass is 10.1. The van der Waals surface area contributed by atoms with Crippen molar-refractivity contribution >= 4 is 34.3 Å². The molecule has 0 aliphatic carbocycles. The predicted molar refractivity (Wildman–Crippen MR) is 164 cm³/mol. The van der Waals surface area contributed by atoms with Crippen LogP contribution in [0.5, 0.6) is 11.5 Å². The van der Waals surface area contributed by atoms with E-state index in [9.17, 15) is 22.4 Å². The van der Waals surface area contributed by atoms with Crippen LogP contribution < -0.4 is 20.5 Å². The summed E-state index contributed by atoms with van der Waals surface area (Å²) < 4.78 is 92.6. The number of aromatic nitrogens is 5. The van der Waals surface area contributed by atoms with Gasteiger partial charge in [0.2, 0.25) is 5.95 Å². The molecule has 5 aromatic rings. The zero-order valence-corrected chi connectivity index (χ0v) is 26.0. The Hall–Kier alpha value is -5.98. The highest BCUT2D eigenvalue weighted by Crippen LogP contribution is 2.32. The van der Waals surface area contributed by atoms with Gasteiger partial charge in [-0.25, -0.2) is 28.5 Å². The van der Waals surface area contributed by atoms with Crippen LogP contribution in [0.15, 0.2) is 60.9 Å². The van der Waals surface area contributed by atoms with Gasteiger partial charge in [-0.2, -0.15) is 22.7 Å². The Kier molecular flexibility index (Phi) is 11.8. The Morgan fingerprint density at radius 3 is 2.34 bits per heavy atom. The Bertz CT molecular complexity index is 1970. The molecule has 0 fully saturated rings. The molecule has 0 saturated heterocycles. The third-order valence-electron chi connectivity index (χ3n) is 6.47. The number of nitrogens with zero attached hydrogens (tertiary/aromatic N) is 5. The minimum absolute atomic E-state index is 0.0673. The zero-order chi connectivity index (χ0) is 36.6. The van der Waals surface area contributed by atoms with E-state index in [0.717, 1.165) is 12.1 Å². The van der Waals surface area contributed by atoms with Crippen LogP contribution >= 0.6 is 0 Å². The normalized spacial score (nSPS) is 11.7. The number of carbonyl (C=O) groups is 2. The van der Waals surface area contributed by atoms with E-state index in [-0.39, 0.29) is 42.7 Å². The number of methoxy groups -OCH3 is 1. The molecule has 19 heteroatoms. The third kappa shape index (κ3) is 9.34. The molecule has 0 amide bonds. The molecular formula is C31H27F6N7O6. The summed E-state index contributed by atoms with van der Waals surface area (Å²) in [5.41, 5.74) is 6.49. The van der Waals surface area contributed by atoms with Crippen LogP contribution in [0.3, 0.4) is 0 Å². The van der Waals surface area contributed by atoms with Crippen molar-refractivity contribution in [2.24, 2.45) is 5.73 Å². The molecule has 0 saturated carbocycles. The second kappa shape index (κ2) is 15.9.